The second-order valence-electron chi connectivity index (χ2n) is 8.89. The molecule has 0 saturated carbocycles. The number of ether oxygens (including phenoxy) is 3. The van der Waals surface area contributed by atoms with Crippen LogP contribution >= 0.6 is 0 Å². The van der Waals surface area contributed by atoms with Crippen molar-refractivity contribution < 1.29 is 19.0 Å². The molecule has 0 N–H and O–H groups in total. The zero-order valence-electron chi connectivity index (χ0n) is 19.5. The first-order valence-corrected chi connectivity index (χ1v) is 10.7. The summed E-state index contributed by atoms with van der Waals surface area (Å²) in [5, 5.41) is 0. The van der Waals surface area contributed by atoms with Gasteiger partial charge in [-0.15, -0.1) is 0 Å². The van der Waals surface area contributed by atoms with Gasteiger partial charge in [0.25, 0.3) is 5.91 Å². The molecule has 6 heteroatoms. The highest BCUT2D eigenvalue weighted by Gasteiger charge is 2.24. The fraction of sp³-hybridized carbons (Fsp3) is 0.480. The van der Waals surface area contributed by atoms with E-state index in [-0.39, 0.29) is 11.3 Å². The molecule has 31 heavy (non-hydrogen) atoms. The molecule has 1 heterocycles. The van der Waals surface area contributed by atoms with Crippen molar-refractivity contribution in [2.75, 3.05) is 47.5 Å². The lowest BCUT2D eigenvalue weighted by Crippen LogP contribution is -2.48. The summed E-state index contributed by atoms with van der Waals surface area (Å²) in [6, 6.07) is 11.9. The lowest BCUT2D eigenvalue weighted by Gasteiger charge is -2.35. The molecule has 0 spiro atoms. The highest BCUT2D eigenvalue weighted by Crippen LogP contribution is 2.40. The molecule has 6 nitrogen and oxygen atoms in total. The van der Waals surface area contributed by atoms with Crippen LogP contribution in [0.15, 0.2) is 36.4 Å². The van der Waals surface area contributed by atoms with Crippen LogP contribution in [0.1, 0.15) is 42.3 Å². The lowest BCUT2D eigenvalue weighted by molar-refractivity contribution is 0.0627. The Morgan fingerprint density at radius 3 is 1.97 bits per heavy atom. The average molecular weight is 427 g/mol. The van der Waals surface area contributed by atoms with E-state index in [0.717, 1.165) is 30.8 Å². The molecular weight excluding hydrogens is 392 g/mol. The summed E-state index contributed by atoms with van der Waals surface area (Å²) < 4.78 is 16.5. The van der Waals surface area contributed by atoms with E-state index in [1.807, 2.05) is 29.2 Å². The molecule has 0 radical (unpaired) electrons. The van der Waals surface area contributed by atoms with Gasteiger partial charge in [0.15, 0.2) is 11.5 Å². The highest BCUT2D eigenvalue weighted by atomic mass is 16.5. The Bertz CT molecular complexity index is 895. The molecule has 0 aromatic heterocycles. The molecule has 1 aliphatic rings. The Hall–Kier alpha value is -2.73. The number of amides is 1. The van der Waals surface area contributed by atoms with Gasteiger partial charge in [0.05, 0.1) is 21.3 Å². The summed E-state index contributed by atoms with van der Waals surface area (Å²) in [4.78, 5) is 17.2. The Kier molecular flexibility index (Phi) is 7.11. The lowest BCUT2D eigenvalue weighted by atomic mass is 9.86. The van der Waals surface area contributed by atoms with E-state index >= 15 is 0 Å². The molecule has 1 amide bonds. The Morgan fingerprint density at radius 2 is 1.45 bits per heavy atom. The summed E-state index contributed by atoms with van der Waals surface area (Å²) >= 11 is 0. The van der Waals surface area contributed by atoms with E-state index in [9.17, 15) is 4.79 Å². The molecule has 1 aliphatic heterocycles. The number of carbonyl (C=O) groups is 1. The van der Waals surface area contributed by atoms with Crippen molar-refractivity contribution in [3.05, 3.63) is 53.1 Å². The Labute approximate surface area is 185 Å². The molecule has 2 aromatic carbocycles. The van der Waals surface area contributed by atoms with E-state index in [0.29, 0.717) is 30.3 Å². The van der Waals surface area contributed by atoms with Crippen LogP contribution < -0.4 is 14.2 Å². The minimum Gasteiger partial charge on any atom is -0.493 e. The van der Waals surface area contributed by atoms with Crippen molar-refractivity contribution in [1.82, 2.24) is 9.80 Å². The predicted octanol–water partition coefficient (Wildman–Crippen LogP) is 3.97. The fourth-order valence-corrected chi connectivity index (χ4v) is 3.93. The van der Waals surface area contributed by atoms with Crippen molar-refractivity contribution in [2.24, 2.45) is 0 Å². The van der Waals surface area contributed by atoms with E-state index in [1.165, 1.54) is 5.56 Å². The maximum Gasteiger partial charge on any atom is 0.253 e. The van der Waals surface area contributed by atoms with Crippen LogP contribution in [0.5, 0.6) is 17.2 Å². The number of methoxy groups -OCH3 is 3. The second kappa shape index (κ2) is 9.60. The molecule has 3 rings (SSSR count). The zero-order valence-corrected chi connectivity index (χ0v) is 19.5. The van der Waals surface area contributed by atoms with Gasteiger partial charge in [0.1, 0.15) is 0 Å². The molecule has 0 atom stereocenters. The topological polar surface area (TPSA) is 51.2 Å². The number of piperazine rings is 1. The Morgan fingerprint density at radius 1 is 0.839 bits per heavy atom. The molecule has 0 unspecified atom stereocenters. The van der Waals surface area contributed by atoms with Crippen LogP contribution in [0.2, 0.25) is 0 Å². The van der Waals surface area contributed by atoms with Crippen LogP contribution in [0.3, 0.4) is 0 Å². The van der Waals surface area contributed by atoms with Crippen molar-refractivity contribution in [2.45, 2.75) is 32.7 Å². The van der Waals surface area contributed by atoms with Gasteiger partial charge in [-0.25, -0.2) is 0 Å². The van der Waals surface area contributed by atoms with Crippen molar-refractivity contribution in [3.63, 3.8) is 0 Å². The van der Waals surface area contributed by atoms with E-state index in [2.05, 4.69) is 37.8 Å². The highest BCUT2D eigenvalue weighted by molar-refractivity contribution is 5.94. The molecule has 0 bridgehead atoms. The summed E-state index contributed by atoms with van der Waals surface area (Å²) in [5.41, 5.74) is 3.11. The number of benzene rings is 2. The summed E-state index contributed by atoms with van der Waals surface area (Å²) in [6.07, 6.45) is 0. The number of carbonyl (C=O) groups excluding carboxylic acids is 1. The third kappa shape index (κ3) is 5.13. The van der Waals surface area contributed by atoms with Crippen LogP contribution in [0.4, 0.5) is 0 Å². The monoisotopic (exact) mass is 426 g/mol. The molecule has 1 fully saturated rings. The van der Waals surface area contributed by atoms with Gasteiger partial charge in [0.2, 0.25) is 5.75 Å². The number of nitrogens with zero attached hydrogens (tertiary/aromatic N) is 2. The number of hydrogen-bond donors (Lipinski definition) is 0. The molecule has 1 saturated heterocycles. The van der Waals surface area contributed by atoms with Gasteiger partial charge >= 0.3 is 0 Å². The van der Waals surface area contributed by atoms with Gasteiger partial charge < -0.3 is 19.1 Å². The molecule has 168 valence electrons. The Balaban J connectivity index is 1.63. The van der Waals surface area contributed by atoms with Gasteiger partial charge in [-0.3, -0.25) is 9.69 Å². The number of hydrogen-bond acceptors (Lipinski definition) is 5. The third-order valence-corrected chi connectivity index (χ3v) is 5.84. The standard InChI is InChI=1S/C25H34N2O4/c1-25(2,3)20-10-7-18(8-11-20)24(28)27-15-13-26(14-16-27)17-19-9-12-21(29-4)23(31-6)22(19)30-5/h7-12H,13-17H2,1-6H3. The fourth-order valence-electron chi connectivity index (χ4n) is 3.93. The largest absolute Gasteiger partial charge is 0.493 e. The first-order valence-electron chi connectivity index (χ1n) is 10.7. The minimum atomic E-state index is 0.0817. The molecule has 0 aliphatic carbocycles. The summed E-state index contributed by atoms with van der Waals surface area (Å²) in [6.45, 7) is 10.3. The van der Waals surface area contributed by atoms with Crippen molar-refractivity contribution >= 4 is 5.91 Å². The van der Waals surface area contributed by atoms with E-state index < -0.39 is 0 Å². The van der Waals surface area contributed by atoms with Crippen LogP contribution in [-0.2, 0) is 12.0 Å². The smallest absolute Gasteiger partial charge is 0.253 e. The summed E-state index contributed by atoms with van der Waals surface area (Å²) in [5.74, 6) is 2.05. The van der Waals surface area contributed by atoms with E-state index in [1.54, 1.807) is 21.3 Å². The van der Waals surface area contributed by atoms with Crippen LogP contribution in [-0.4, -0.2) is 63.2 Å². The van der Waals surface area contributed by atoms with Gasteiger partial charge in [-0.1, -0.05) is 39.0 Å². The minimum absolute atomic E-state index is 0.0817. The predicted molar refractivity (Wildman–Crippen MR) is 122 cm³/mol. The van der Waals surface area contributed by atoms with Crippen molar-refractivity contribution in [1.29, 1.82) is 0 Å². The third-order valence-electron chi connectivity index (χ3n) is 5.84. The van der Waals surface area contributed by atoms with Gasteiger partial charge in [-0.2, -0.15) is 0 Å². The molecule has 2 aromatic rings. The summed E-state index contributed by atoms with van der Waals surface area (Å²) in [7, 11) is 4.87. The second-order valence-corrected chi connectivity index (χ2v) is 8.89. The zero-order chi connectivity index (χ0) is 22.6. The maximum absolute atomic E-state index is 12.9. The first-order chi connectivity index (χ1) is 14.8. The molecular formula is C25H34N2O4. The number of rotatable bonds is 6. The van der Waals surface area contributed by atoms with E-state index in [4.69, 9.17) is 14.2 Å². The normalized spacial score (nSPS) is 15.0. The SMILES string of the molecule is COc1ccc(CN2CCN(C(=O)c3ccc(C(C)(C)C)cc3)CC2)c(OC)c1OC. The van der Waals surface area contributed by atoms with Gasteiger partial charge in [0, 0.05) is 43.9 Å². The quantitative estimate of drug-likeness (QED) is 0.700. The van der Waals surface area contributed by atoms with Crippen LogP contribution in [0.25, 0.3) is 0 Å². The first kappa shape index (κ1) is 22.9. The maximum atomic E-state index is 12.9. The van der Waals surface area contributed by atoms with Gasteiger partial charge in [-0.05, 0) is 29.2 Å². The van der Waals surface area contributed by atoms with Crippen molar-refractivity contribution in [3.8, 4) is 17.2 Å². The average Bonchev–Trinajstić information content (AvgIpc) is 2.78. The van der Waals surface area contributed by atoms with Crippen LogP contribution in [0, 0.1) is 0 Å².